The minimum atomic E-state index is 0.672. The van der Waals surface area contributed by atoms with Crippen molar-refractivity contribution in [2.75, 3.05) is 0 Å². The van der Waals surface area contributed by atoms with Crippen molar-refractivity contribution in [2.24, 2.45) is 7.05 Å². The van der Waals surface area contributed by atoms with Crippen molar-refractivity contribution in [2.45, 2.75) is 6.92 Å². The fraction of sp³-hybridized carbons (Fsp3) is 0.133. The maximum atomic E-state index is 5.52. The van der Waals surface area contributed by atoms with Gasteiger partial charge in [-0.3, -0.25) is 9.55 Å². The normalized spacial score (nSPS) is 11.5. The van der Waals surface area contributed by atoms with E-state index in [9.17, 15) is 0 Å². The summed E-state index contributed by atoms with van der Waals surface area (Å²) >= 11 is 5.52. The smallest absolute Gasteiger partial charge is 0.184 e. The van der Waals surface area contributed by atoms with Crippen LogP contribution in [0, 0.1) is 11.7 Å². The van der Waals surface area contributed by atoms with E-state index >= 15 is 0 Å². The van der Waals surface area contributed by atoms with E-state index in [0.29, 0.717) is 4.77 Å². The number of nitrogens with zero attached hydrogens (tertiary/aromatic N) is 4. The van der Waals surface area contributed by atoms with Gasteiger partial charge in [0.05, 0.1) is 11.4 Å². The van der Waals surface area contributed by atoms with Crippen molar-refractivity contribution >= 4 is 34.2 Å². The molecular weight excluding hydrogens is 282 g/mol. The lowest BCUT2D eigenvalue weighted by Crippen LogP contribution is -2.01. The molecule has 0 saturated carbocycles. The monoisotopic (exact) mass is 295 g/mol. The standard InChI is InChI=1S/C15H13N5S/c1-9-13-14(19(2)18-9)20(15(21)17-13)12-5-3-4-10-8-16-7-6-11(10)12/h3-8H,1-2H3,(H,17,21). The predicted molar refractivity (Wildman–Crippen MR) is 85.3 cm³/mol. The Kier molecular flexibility index (Phi) is 2.49. The molecule has 6 heteroatoms. The van der Waals surface area contributed by atoms with Crippen molar-refractivity contribution in [1.29, 1.82) is 0 Å². The van der Waals surface area contributed by atoms with Gasteiger partial charge in [-0.25, -0.2) is 4.68 Å². The molecule has 21 heavy (non-hydrogen) atoms. The fourth-order valence-electron chi connectivity index (χ4n) is 2.83. The van der Waals surface area contributed by atoms with Crippen LogP contribution in [0.15, 0.2) is 36.7 Å². The van der Waals surface area contributed by atoms with Gasteiger partial charge in [-0.05, 0) is 31.3 Å². The number of fused-ring (bicyclic) bond motifs is 2. The highest BCUT2D eigenvalue weighted by molar-refractivity contribution is 7.71. The van der Waals surface area contributed by atoms with Gasteiger partial charge in [0, 0.05) is 30.2 Å². The zero-order valence-electron chi connectivity index (χ0n) is 11.7. The molecule has 1 N–H and O–H groups in total. The van der Waals surface area contributed by atoms with E-state index in [2.05, 4.69) is 21.1 Å². The number of H-pyrrole nitrogens is 1. The number of pyridine rings is 1. The highest BCUT2D eigenvalue weighted by Gasteiger charge is 2.15. The molecule has 0 amide bonds. The molecule has 0 atom stereocenters. The van der Waals surface area contributed by atoms with Gasteiger partial charge in [-0.2, -0.15) is 5.10 Å². The number of hydrogen-bond acceptors (Lipinski definition) is 3. The lowest BCUT2D eigenvalue weighted by atomic mass is 10.1. The zero-order chi connectivity index (χ0) is 14.6. The van der Waals surface area contributed by atoms with Gasteiger partial charge in [0.25, 0.3) is 0 Å². The van der Waals surface area contributed by atoms with Gasteiger partial charge in [0.2, 0.25) is 0 Å². The van der Waals surface area contributed by atoms with E-state index in [4.69, 9.17) is 12.2 Å². The van der Waals surface area contributed by atoms with Gasteiger partial charge >= 0.3 is 0 Å². The summed E-state index contributed by atoms with van der Waals surface area (Å²) in [5, 5.41) is 6.67. The van der Waals surface area contributed by atoms with E-state index in [0.717, 1.165) is 33.3 Å². The maximum Gasteiger partial charge on any atom is 0.184 e. The van der Waals surface area contributed by atoms with Crippen LogP contribution in [0.5, 0.6) is 0 Å². The molecule has 0 fully saturated rings. The van der Waals surface area contributed by atoms with Gasteiger partial charge in [0.15, 0.2) is 10.4 Å². The molecule has 3 heterocycles. The number of rotatable bonds is 1. The molecule has 0 aliphatic carbocycles. The van der Waals surface area contributed by atoms with Crippen molar-refractivity contribution in [3.05, 3.63) is 47.1 Å². The average molecular weight is 295 g/mol. The number of aromatic nitrogens is 5. The van der Waals surface area contributed by atoms with Crippen LogP contribution in [0.25, 0.3) is 27.6 Å². The van der Waals surface area contributed by atoms with Gasteiger partial charge in [-0.15, -0.1) is 0 Å². The molecule has 3 aromatic heterocycles. The van der Waals surface area contributed by atoms with Crippen LogP contribution >= 0.6 is 12.2 Å². The number of aromatic amines is 1. The summed E-state index contributed by atoms with van der Waals surface area (Å²) in [6, 6.07) is 8.14. The summed E-state index contributed by atoms with van der Waals surface area (Å²) in [6.45, 7) is 1.98. The van der Waals surface area contributed by atoms with Crippen molar-refractivity contribution < 1.29 is 0 Å². The second-order valence-corrected chi connectivity index (χ2v) is 5.43. The first kappa shape index (κ1) is 12.3. The summed E-state index contributed by atoms with van der Waals surface area (Å²) in [4.78, 5) is 7.44. The highest BCUT2D eigenvalue weighted by Crippen LogP contribution is 2.26. The first-order valence-electron chi connectivity index (χ1n) is 6.64. The first-order valence-corrected chi connectivity index (χ1v) is 7.05. The van der Waals surface area contributed by atoms with Gasteiger partial charge < -0.3 is 4.98 Å². The average Bonchev–Trinajstić information content (AvgIpc) is 2.96. The van der Waals surface area contributed by atoms with E-state index in [1.165, 1.54) is 0 Å². The third-order valence-electron chi connectivity index (χ3n) is 3.74. The van der Waals surface area contributed by atoms with E-state index in [-0.39, 0.29) is 0 Å². The second kappa shape index (κ2) is 4.26. The molecule has 0 radical (unpaired) electrons. The molecular formula is C15H13N5S. The minimum Gasteiger partial charge on any atom is -0.327 e. The van der Waals surface area contributed by atoms with Crippen LogP contribution < -0.4 is 0 Å². The molecule has 0 aliphatic rings. The third kappa shape index (κ3) is 1.66. The Hall–Kier alpha value is -2.47. The number of imidazole rings is 1. The Morgan fingerprint density at radius 1 is 1.24 bits per heavy atom. The zero-order valence-corrected chi connectivity index (χ0v) is 12.5. The lowest BCUT2D eigenvalue weighted by Gasteiger charge is -2.08. The number of nitrogens with one attached hydrogen (secondary N) is 1. The summed E-state index contributed by atoms with van der Waals surface area (Å²) in [5.74, 6) is 0. The lowest BCUT2D eigenvalue weighted by molar-refractivity contribution is 0.760. The molecule has 1 aromatic carbocycles. The molecule has 0 bridgehead atoms. The van der Waals surface area contributed by atoms with Crippen molar-refractivity contribution in [3.63, 3.8) is 0 Å². The maximum absolute atomic E-state index is 5.52. The van der Waals surface area contributed by atoms with Gasteiger partial charge in [0.1, 0.15) is 5.52 Å². The minimum absolute atomic E-state index is 0.672. The fourth-order valence-corrected chi connectivity index (χ4v) is 3.12. The van der Waals surface area contributed by atoms with E-state index in [1.807, 2.05) is 47.6 Å². The Bertz CT molecular complexity index is 1030. The van der Waals surface area contributed by atoms with Crippen molar-refractivity contribution in [3.8, 4) is 5.69 Å². The Labute approximate surface area is 125 Å². The molecule has 4 aromatic rings. The van der Waals surface area contributed by atoms with Crippen LogP contribution in [0.2, 0.25) is 0 Å². The predicted octanol–water partition coefficient (Wildman–Crippen LogP) is 3.28. The summed E-state index contributed by atoms with van der Waals surface area (Å²) in [7, 11) is 1.93. The largest absolute Gasteiger partial charge is 0.327 e. The molecule has 0 aliphatic heterocycles. The van der Waals surface area contributed by atoms with Crippen LogP contribution in [-0.4, -0.2) is 24.3 Å². The third-order valence-corrected chi connectivity index (χ3v) is 4.02. The number of hydrogen-bond donors (Lipinski definition) is 1. The van der Waals surface area contributed by atoms with Gasteiger partial charge in [-0.1, -0.05) is 12.1 Å². The summed E-state index contributed by atoms with van der Waals surface area (Å²) in [5.41, 5.74) is 3.93. The Morgan fingerprint density at radius 3 is 2.95 bits per heavy atom. The Morgan fingerprint density at radius 2 is 2.10 bits per heavy atom. The molecule has 0 spiro atoms. The Balaban J connectivity index is 2.19. The van der Waals surface area contributed by atoms with E-state index in [1.54, 1.807) is 6.20 Å². The molecule has 4 rings (SSSR count). The topological polar surface area (TPSA) is 51.4 Å². The van der Waals surface area contributed by atoms with Crippen LogP contribution in [0.4, 0.5) is 0 Å². The van der Waals surface area contributed by atoms with Crippen LogP contribution in [0.1, 0.15) is 5.69 Å². The molecule has 104 valence electrons. The number of benzene rings is 1. The van der Waals surface area contributed by atoms with Crippen LogP contribution in [0.3, 0.4) is 0 Å². The van der Waals surface area contributed by atoms with Crippen molar-refractivity contribution in [1.82, 2.24) is 24.3 Å². The second-order valence-electron chi connectivity index (χ2n) is 5.05. The van der Waals surface area contributed by atoms with E-state index < -0.39 is 0 Å². The summed E-state index contributed by atoms with van der Waals surface area (Å²) < 4.78 is 4.56. The molecule has 5 nitrogen and oxygen atoms in total. The van der Waals surface area contributed by atoms with Crippen LogP contribution in [-0.2, 0) is 7.05 Å². The molecule has 0 saturated heterocycles. The molecule has 0 unspecified atom stereocenters. The number of aryl methyl sites for hydroxylation is 2. The summed E-state index contributed by atoms with van der Waals surface area (Å²) in [6.07, 6.45) is 3.66. The first-order chi connectivity index (χ1) is 10.2. The quantitative estimate of drug-likeness (QED) is 0.548. The SMILES string of the molecule is Cc1nn(C)c2c1[nH]c(=S)n2-c1cccc2cnccc12. The highest BCUT2D eigenvalue weighted by atomic mass is 32.1.